The molecule has 0 radical (unpaired) electrons. The first-order chi connectivity index (χ1) is 19.4. The van der Waals surface area contributed by atoms with Gasteiger partial charge in [-0.3, -0.25) is 9.59 Å². The molecule has 0 saturated carbocycles. The molecule has 0 spiro atoms. The zero-order chi connectivity index (χ0) is 28.2. The van der Waals surface area contributed by atoms with Crippen LogP contribution in [0.1, 0.15) is 30.9 Å². The maximum Gasteiger partial charge on any atom is 0.254 e. The number of amides is 2. The van der Waals surface area contributed by atoms with Crippen molar-refractivity contribution in [2.45, 2.75) is 26.7 Å². The van der Waals surface area contributed by atoms with Gasteiger partial charge in [-0.05, 0) is 62.2 Å². The van der Waals surface area contributed by atoms with E-state index in [0.717, 1.165) is 27.4 Å². The summed E-state index contributed by atoms with van der Waals surface area (Å²) < 4.78 is 6.02. The van der Waals surface area contributed by atoms with Crippen LogP contribution in [-0.2, 0) is 14.3 Å². The highest BCUT2D eigenvalue weighted by molar-refractivity contribution is 8.03. The number of allylic oxidation sites excluding steroid dienone is 1. The highest BCUT2D eigenvalue weighted by Gasteiger charge is 2.41. The van der Waals surface area contributed by atoms with Crippen LogP contribution in [-0.4, -0.2) is 30.1 Å². The summed E-state index contributed by atoms with van der Waals surface area (Å²) in [5.74, 6) is -0.262. The van der Waals surface area contributed by atoms with Gasteiger partial charge in [0.2, 0.25) is 11.8 Å². The second kappa shape index (κ2) is 12.0. The van der Waals surface area contributed by atoms with Crippen molar-refractivity contribution in [3.8, 4) is 0 Å². The normalized spacial score (nSPS) is 15.9. The molecule has 7 nitrogen and oxygen atoms in total. The van der Waals surface area contributed by atoms with Gasteiger partial charge in [0.15, 0.2) is 0 Å². The van der Waals surface area contributed by atoms with Gasteiger partial charge in [-0.2, -0.15) is 0 Å². The first-order valence-electron chi connectivity index (χ1n) is 12.9. The molecule has 0 aliphatic carbocycles. The lowest BCUT2D eigenvalue weighted by Gasteiger charge is -2.35. The van der Waals surface area contributed by atoms with Crippen LogP contribution in [0.25, 0.3) is 0 Å². The van der Waals surface area contributed by atoms with E-state index in [2.05, 4.69) is 16.0 Å². The Morgan fingerprint density at radius 3 is 2.52 bits per heavy atom. The molecule has 2 aliphatic rings. The van der Waals surface area contributed by atoms with E-state index in [1.54, 1.807) is 12.1 Å². The van der Waals surface area contributed by atoms with Gasteiger partial charge in [0.05, 0.1) is 34.6 Å². The van der Waals surface area contributed by atoms with Gasteiger partial charge in [-0.25, -0.2) is 4.99 Å². The van der Waals surface area contributed by atoms with Gasteiger partial charge in [0.1, 0.15) is 0 Å². The number of aliphatic imine (C=N–C) groups is 1. The van der Waals surface area contributed by atoms with Gasteiger partial charge in [0.25, 0.3) is 5.91 Å². The number of carbonyl (C=O) groups excluding carboxylic acids is 2. The number of halogens is 1. The third-order valence-corrected chi connectivity index (χ3v) is 8.10. The molecule has 3 aromatic rings. The van der Waals surface area contributed by atoms with Gasteiger partial charge >= 0.3 is 0 Å². The van der Waals surface area contributed by atoms with Crippen molar-refractivity contribution < 1.29 is 14.3 Å². The predicted molar refractivity (Wildman–Crippen MR) is 163 cm³/mol. The van der Waals surface area contributed by atoms with Crippen molar-refractivity contribution in [1.29, 1.82) is 0 Å². The van der Waals surface area contributed by atoms with Crippen LogP contribution in [0.5, 0.6) is 0 Å². The lowest BCUT2D eigenvalue weighted by Crippen LogP contribution is -2.35. The molecule has 1 atom stereocenters. The molecule has 2 aliphatic heterocycles. The molecule has 2 heterocycles. The number of carbonyl (C=O) groups is 2. The topological polar surface area (TPSA) is 91.8 Å². The monoisotopic (exact) mass is 572 g/mol. The van der Waals surface area contributed by atoms with Gasteiger partial charge in [0, 0.05) is 27.7 Å². The number of fused-ring (bicyclic) bond motifs is 3. The zero-order valence-electron chi connectivity index (χ0n) is 22.4. The van der Waals surface area contributed by atoms with E-state index in [0.29, 0.717) is 40.2 Å². The van der Waals surface area contributed by atoms with Crippen molar-refractivity contribution in [1.82, 2.24) is 5.32 Å². The largest absolute Gasteiger partial charge is 0.478 e. The van der Waals surface area contributed by atoms with Crippen LogP contribution >= 0.6 is 23.4 Å². The van der Waals surface area contributed by atoms with E-state index in [4.69, 9.17) is 21.3 Å². The molecule has 0 fully saturated rings. The standard InChI is InChI=1S/C31H29ClN4O3S/c1-4-39-30-28-27(21-13-8-9-15-24(21)36-30)26(29(38)34-20-11-6-5-7-12-20)19(3)33-31(28)40-17-25(37)35-23-16-10-14-22(32)18(23)2/h5-16,27,33H,4,17H2,1-3H3,(H,34,38)(H,35,37). The van der Waals surface area contributed by atoms with Gasteiger partial charge in [-0.1, -0.05) is 65.8 Å². The minimum atomic E-state index is -0.430. The molecule has 3 N–H and O–H groups in total. The Hall–Kier alpha value is -4.01. The van der Waals surface area contributed by atoms with E-state index in [1.165, 1.54) is 11.8 Å². The third-order valence-electron chi connectivity index (χ3n) is 6.67. The average molecular weight is 573 g/mol. The third kappa shape index (κ3) is 5.64. The Morgan fingerprint density at radius 2 is 1.75 bits per heavy atom. The summed E-state index contributed by atoms with van der Waals surface area (Å²) in [6.45, 7) is 6.04. The molecular formula is C31H29ClN4O3S. The van der Waals surface area contributed by atoms with Crippen LogP contribution in [0.3, 0.4) is 0 Å². The minimum absolute atomic E-state index is 0.129. The molecule has 204 valence electrons. The highest BCUT2D eigenvalue weighted by Crippen LogP contribution is 2.48. The first kappa shape index (κ1) is 27.6. The zero-order valence-corrected chi connectivity index (χ0v) is 24.0. The number of ether oxygens (including phenoxy) is 1. The van der Waals surface area contributed by atoms with E-state index in [1.807, 2.05) is 81.4 Å². The maximum atomic E-state index is 13.7. The molecule has 3 aromatic carbocycles. The Morgan fingerprint density at radius 1 is 1.00 bits per heavy atom. The van der Waals surface area contributed by atoms with Crippen molar-refractivity contribution in [2.75, 3.05) is 23.0 Å². The molecular weight excluding hydrogens is 544 g/mol. The number of para-hydroxylation sites is 2. The molecule has 0 saturated heterocycles. The summed E-state index contributed by atoms with van der Waals surface area (Å²) in [5.41, 5.74) is 5.84. The molecule has 1 unspecified atom stereocenters. The van der Waals surface area contributed by atoms with Crippen LogP contribution in [0.15, 0.2) is 99.7 Å². The van der Waals surface area contributed by atoms with E-state index in [-0.39, 0.29) is 17.6 Å². The number of hydrogen-bond donors (Lipinski definition) is 3. The summed E-state index contributed by atoms with van der Waals surface area (Å²) in [5, 5.41) is 10.7. The lowest BCUT2D eigenvalue weighted by molar-refractivity contribution is -0.114. The summed E-state index contributed by atoms with van der Waals surface area (Å²) in [6, 6.07) is 22.5. The van der Waals surface area contributed by atoms with Crippen LogP contribution in [0.4, 0.5) is 17.1 Å². The Balaban J connectivity index is 1.50. The SMILES string of the molecule is CCOC1=Nc2ccccc2C2C(C(=O)Nc3ccccc3)=C(C)NC(SCC(=O)Nc3cccc(Cl)c3C)=C12. The maximum absolute atomic E-state index is 13.7. The number of dihydropyridines is 1. The van der Waals surface area contributed by atoms with E-state index >= 15 is 0 Å². The lowest BCUT2D eigenvalue weighted by atomic mass is 9.79. The van der Waals surface area contributed by atoms with Crippen LogP contribution in [0, 0.1) is 6.92 Å². The number of benzene rings is 3. The number of rotatable bonds is 7. The van der Waals surface area contributed by atoms with E-state index in [9.17, 15) is 9.59 Å². The van der Waals surface area contributed by atoms with Crippen LogP contribution in [0.2, 0.25) is 5.02 Å². The van der Waals surface area contributed by atoms with Gasteiger partial charge in [-0.15, -0.1) is 0 Å². The highest BCUT2D eigenvalue weighted by atomic mass is 35.5. The van der Waals surface area contributed by atoms with Crippen molar-refractivity contribution >= 4 is 58.1 Å². The van der Waals surface area contributed by atoms with Gasteiger partial charge < -0.3 is 20.7 Å². The van der Waals surface area contributed by atoms with Crippen molar-refractivity contribution in [2.24, 2.45) is 4.99 Å². The summed E-state index contributed by atoms with van der Waals surface area (Å²) in [7, 11) is 0. The summed E-state index contributed by atoms with van der Waals surface area (Å²) >= 11 is 7.57. The summed E-state index contributed by atoms with van der Waals surface area (Å²) in [4.78, 5) is 31.5. The molecule has 40 heavy (non-hydrogen) atoms. The molecule has 0 aromatic heterocycles. The number of thioether (sulfide) groups is 1. The Kier molecular flexibility index (Phi) is 8.28. The number of nitrogens with one attached hydrogen (secondary N) is 3. The number of anilines is 2. The quantitative estimate of drug-likeness (QED) is 0.286. The smallest absolute Gasteiger partial charge is 0.254 e. The molecule has 9 heteroatoms. The predicted octanol–water partition coefficient (Wildman–Crippen LogP) is 6.91. The molecule has 0 bridgehead atoms. The van der Waals surface area contributed by atoms with Crippen molar-refractivity contribution in [3.63, 3.8) is 0 Å². The van der Waals surface area contributed by atoms with E-state index < -0.39 is 5.92 Å². The fourth-order valence-electron chi connectivity index (χ4n) is 4.78. The molecule has 5 rings (SSSR count). The Labute approximate surface area is 242 Å². The number of nitrogens with zero attached hydrogens (tertiary/aromatic N) is 1. The Bertz CT molecular complexity index is 1570. The number of hydrogen-bond acceptors (Lipinski definition) is 6. The second-order valence-electron chi connectivity index (χ2n) is 9.32. The fourth-order valence-corrected chi connectivity index (χ4v) is 5.89. The van der Waals surface area contributed by atoms with Crippen LogP contribution < -0.4 is 16.0 Å². The average Bonchev–Trinajstić information content (AvgIpc) is 2.94. The second-order valence-corrected chi connectivity index (χ2v) is 10.7. The fraction of sp³-hybridized carbons (Fsp3) is 0.194. The first-order valence-corrected chi connectivity index (χ1v) is 14.3. The molecule has 2 amide bonds. The minimum Gasteiger partial charge on any atom is -0.478 e. The van der Waals surface area contributed by atoms with Crippen molar-refractivity contribution in [3.05, 3.63) is 111 Å². The summed E-state index contributed by atoms with van der Waals surface area (Å²) in [6.07, 6.45) is 0.